The van der Waals surface area contributed by atoms with E-state index in [-0.39, 0.29) is 11.0 Å². The topological polar surface area (TPSA) is 33.0 Å². The van der Waals surface area contributed by atoms with Crippen molar-refractivity contribution in [3.8, 4) is 6.07 Å². The molecule has 3 aliphatic carbocycles. The molecule has 3 saturated carbocycles. The van der Waals surface area contributed by atoms with Crippen LogP contribution in [0.2, 0.25) is 0 Å². The minimum absolute atomic E-state index is 0.0299. The van der Waals surface area contributed by atoms with Crippen molar-refractivity contribution >= 4 is 0 Å². The van der Waals surface area contributed by atoms with Gasteiger partial charge in [-0.05, 0) is 87.4 Å². The first-order valence-electron chi connectivity index (χ1n) is 9.60. The Morgan fingerprint density at radius 1 is 1.30 bits per heavy atom. The van der Waals surface area contributed by atoms with E-state index >= 15 is 0 Å². The summed E-state index contributed by atoms with van der Waals surface area (Å²) in [5.41, 5.74) is 1.62. The third-order valence-corrected chi connectivity index (χ3v) is 8.08. The van der Waals surface area contributed by atoms with Gasteiger partial charge in [-0.1, -0.05) is 19.1 Å². The Labute approximate surface area is 141 Å². The molecular weight excluding hydrogens is 282 g/mol. The molecule has 126 valence electrons. The third kappa shape index (κ3) is 2.15. The van der Waals surface area contributed by atoms with Gasteiger partial charge in [0.25, 0.3) is 0 Å². The van der Waals surface area contributed by atoms with E-state index in [1.807, 2.05) is 0 Å². The minimum Gasteiger partial charge on any atom is -0.371 e. The lowest BCUT2D eigenvalue weighted by molar-refractivity contribution is -0.0530. The highest BCUT2D eigenvalue weighted by Crippen LogP contribution is 2.65. The molecule has 1 aliphatic heterocycles. The van der Waals surface area contributed by atoms with Crippen molar-refractivity contribution in [2.75, 3.05) is 0 Å². The van der Waals surface area contributed by atoms with Crippen LogP contribution >= 0.6 is 0 Å². The van der Waals surface area contributed by atoms with E-state index in [9.17, 15) is 5.26 Å². The predicted molar refractivity (Wildman–Crippen MR) is 91.6 cm³/mol. The first kappa shape index (κ1) is 15.7. The lowest BCUT2D eigenvalue weighted by Crippen LogP contribution is -2.40. The molecule has 0 unspecified atom stereocenters. The molecule has 4 aliphatic rings. The fraction of sp³-hybridized carbons (Fsp3) is 0.857. The van der Waals surface area contributed by atoms with Gasteiger partial charge in [0.1, 0.15) is 0 Å². The second kappa shape index (κ2) is 5.09. The van der Waals surface area contributed by atoms with Crippen molar-refractivity contribution in [3.63, 3.8) is 0 Å². The summed E-state index contributed by atoms with van der Waals surface area (Å²) >= 11 is 0. The van der Waals surface area contributed by atoms with Crippen LogP contribution in [0.3, 0.4) is 0 Å². The Kier molecular flexibility index (Phi) is 3.48. The van der Waals surface area contributed by atoms with E-state index in [4.69, 9.17) is 4.74 Å². The van der Waals surface area contributed by atoms with Crippen LogP contribution in [0.5, 0.6) is 0 Å². The molecule has 1 heterocycles. The molecule has 0 aromatic heterocycles. The first-order chi connectivity index (χ1) is 10.9. The zero-order valence-electron chi connectivity index (χ0n) is 15.0. The molecule has 0 radical (unpaired) electrons. The summed E-state index contributed by atoms with van der Waals surface area (Å²) in [6, 6.07) is 2.57. The molecule has 0 aromatic rings. The normalized spacial score (nSPS) is 50.8. The van der Waals surface area contributed by atoms with E-state index < -0.39 is 0 Å². The van der Waals surface area contributed by atoms with Gasteiger partial charge in [-0.25, -0.2) is 0 Å². The van der Waals surface area contributed by atoms with Crippen LogP contribution < -0.4 is 0 Å². The van der Waals surface area contributed by atoms with Crippen LogP contribution in [-0.4, -0.2) is 11.7 Å². The van der Waals surface area contributed by atoms with Gasteiger partial charge in [0.2, 0.25) is 0 Å². The number of rotatable bonds is 1. The summed E-state index contributed by atoms with van der Waals surface area (Å²) in [6.45, 7) is 11.5. The highest BCUT2D eigenvalue weighted by atomic mass is 16.5. The molecule has 4 rings (SSSR count). The molecule has 0 spiro atoms. The molecule has 1 saturated heterocycles. The monoisotopic (exact) mass is 313 g/mol. The predicted octanol–water partition coefficient (Wildman–Crippen LogP) is 5.10. The fourth-order valence-electron chi connectivity index (χ4n) is 7.04. The molecule has 2 nitrogen and oxygen atoms in total. The first-order valence-corrected chi connectivity index (χ1v) is 9.60. The van der Waals surface area contributed by atoms with E-state index in [1.165, 1.54) is 37.7 Å². The Balaban J connectivity index is 1.77. The van der Waals surface area contributed by atoms with Gasteiger partial charge in [-0.15, -0.1) is 0 Å². The summed E-state index contributed by atoms with van der Waals surface area (Å²) in [4.78, 5) is 0. The average molecular weight is 313 g/mol. The van der Waals surface area contributed by atoms with Crippen LogP contribution in [0.25, 0.3) is 0 Å². The maximum atomic E-state index is 9.60. The summed E-state index contributed by atoms with van der Waals surface area (Å²) in [6.07, 6.45) is 8.42. The SMILES string of the molecule is C=C1C[C@@H]2OC(C)(C)[C@@H]3CC[C@](CC#N)(C[C@H]4[C@H](C)CC[C@@H]14)[C@@H]23. The third-order valence-electron chi connectivity index (χ3n) is 8.08. The van der Waals surface area contributed by atoms with Gasteiger partial charge in [0.05, 0.1) is 17.8 Å². The maximum absolute atomic E-state index is 9.60. The summed E-state index contributed by atoms with van der Waals surface area (Å²) in [5.74, 6) is 3.41. The van der Waals surface area contributed by atoms with Gasteiger partial charge in [0.15, 0.2) is 0 Å². The zero-order valence-corrected chi connectivity index (χ0v) is 15.0. The van der Waals surface area contributed by atoms with Gasteiger partial charge in [0, 0.05) is 6.42 Å². The minimum atomic E-state index is -0.0299. The standard InChI is InChI=1S/C21H31NO/c1-13-5-6-15-14(2)11-18-19-17(20(3,4)23-18)7-8-21(19,9-10-22)12-16(13)15/h13,15-19H,2,5-9,11-12H2,1,3-4H3/t13-,15+,16+,17-,18+,19-,21+/m1/s1. The van der Waals surface area contributed by atoms with Crippen LogP contribution in [0.15, 0.2) is 12.2 Å². The summed E-state index contributed by atoms with van der Waals surface area (Å²) < 4.78 is 6.57. The molecular formula is C21H31NO. The fourth-order valence-corrected chi connectivity index (χ4v) is 7.04. The van der Waals surface area contributed by atoms with Crippen molar-refractivity contribution < 1.29 is 4.74 Å². The molecule has 0 amide bonds. The zero-order chi connectivity index (χ0) is 16.4. The molecule has 2 heteroatoms. The number of nitriles is 1. The Hall–Kier alpha value is -0.810. The van der Waals surface area contributed by atoms with Crippen molar-refractivity contribution in [3.05, 3.63) is 12.2 Å². The number of fused-ring (bicyclic) bond motifs is 1. The Morgan fingerprint density at radius 2 is 2.09 bits per heavy atom. The lowest BCUT2D eigenvalue weighted by atomic mass is 9.60. The highest BCUT2D eigenvalue weighted by Gasteiger charge is 2.63. The second-order valence-corrected chi connectivity index (χ2v) is 9.52. The summed E-state index contributed by atoms with van der Waals surface area (Å²) in [7, 11) is 0. The molecule has 0 N–H and O–H groups in total. The van der Waals surface area contributed by atoms with Gasteiger partial charge >= 0.3 is 0 Å². The largest absolute Gasteiger partial charge is 0.371 e. The average Bonchev–Trinajstić information content (AvgIpc) is 3.07. The molecule has 0 bridgehead atoms. The molecule has 4 fully saturated rings. The van der Waals surface area contributed by atoms with Crippen LogP contribution in [-0.2, 0) is 4.74 Å². The number of nitrogens with zero attached hydrogens (tertiary/aromatic N) is 1. The van der Waals surface area contributed by atoms with Crippen molar-refractivity contribution in [2.45, 2.75) is 77.4 Å². The number of ether oxygens (including phenoxy) is 1. The smallest absolute Gasteiger partial charge is 0.0662 e. The summed E-state index contributed by atoms with van der Waals surface area (Å²) in [5, 5.41) is 9.60. The van der Waals surface area contributed by atoms with E-state index in [0.717, 1.165) is 24.7 Å². The second-order valence-electron chi connectivity index (χ2n) is 9.52. The van der Waals surface area contributed by atoms with Crippen LogP contribution in [0.4, 0.5) is 0 Å². The van der Waals surface area contributed by atoms with E-state index in [0.29, 0.717) is 23.9 Å². The van der Waals surface area contributed by atoms with Crippen molar-refractivity contribution in [2.24, 2.45) is 35.0 Å². The Morgan fingerprint density at radius 3 is 2.83 bits per heavy atom. The highest BCUT2D eigenvalue weighted by molar-refractivity contribution is 5.19. The lowest BCUT2D eigenvalue weighted by Gasteiger charge is -2.43. The van der Waals surface area contributed by atoms with Gasteiger partial charge < -0.3 is 4.74 Å². The van der Waals surface area contributed by atoms with Crippen LogP contribution in [0, 0.1) is 46.3 Å². The number of hydrogen-bond acceptors (Lipinski definition) is 2. The number of hydrogen-bond donors (Lipinski definition) is 0. The van der Waals surface area contributed by atoms with Gasteiger partial charge in [-0.3, -0.25) is 0 Å². The molecule has 0 aromatic carbocycles. The maximum Gasteiger partial charge on any atom is 0.0662 e. The van der Waals surface area contributed by atoms with E-state index in [2.05, 4.69) is 33.4 Å². The quantitative estimate of drug-likeness (QED) is 0.631. The Bertz CT molecular complexity index is 559. The van der Waals surface area contributed by atoms with Crippen LogP contribution in [0.1, 0.15) is 65.7 Å². The molecule has 7 atom stereocenters. The van der Waals surface area contributed by atoms with Crippen molar-refractivity contribution in [1.29, 1.82) is 5.26 Å². The van der Waals surface area contributed by atoms with Crippen molar-refractivity contribution in [1.82, 2.24) is 0 Å². The molecule has 23 heavy (non-hydrogen) atoms. The van der Waals surface area contributed by atoms with Gasteiger partial charge in [-0.2, -0.15) is 5.26 Å². The van der Waals surface area contributed by atoms with E-state index in [1.54, 1.807) is 0 Å².